The molecule has 0 heteroatoms. The van der Waals surface area contributed by atoms with Crippen molar-refractivity contribution in [2.24, 2.45) is 11.3 Å². The van der Waals surface area contributed by atoms with Crippen LogP contribution in [0.15, 0.2) is 0 Å². The van der Waals surface area contributed by atoms with Crippen LogP contribution in [0.1, 0.15) is 51.9 Å². The summed E-state index contributed by atoms with van der Waals surface area (Å²) in [7, 11) is 0. The standard InChI is InChI=1S/C10H18/c1-2-3-4-5-10-6-9(7-10)8-10/h9H,2-8H2,1H3. The average molecular weight is 138 g/mol. The Labute approximate surface area is 64.0 Å². The fourth-order valence-corrected chi connectivity index (χ4v) is 2.71. The highest BCUT2D eigenvalue weighted by molar-refractivity contribution is 5.06. The summed E-state index contributed by atoms with van der Waals surface area (Å²) >= 11 is 0. The van der Waals surface area contributed by atoms with Gasteiger partial charge in [0.25, 0.3) is 0 Å². The zero-order chi connectivity index (χ0) is 7.03. The maximum Gasteiger partial charge on any atom is -0.0290 e. The number of rotatable bonds is 4. The van der Waals surface area contributed by atoms with Crippen molar-refractivity contribution in [2.75, 3.05) is 0 Å². The highest BCUT2D eigenvalue weighted by Gasteiger charge is 2.55. The van der Waals surface area contributed by atoms with Gasteiger partial charge in [0, 0.05) is 0 Å². The van der Waals surface area contributed by atoms with Gasteiger partial charge < -0.3 is 0 Å². The maximum atomic E-state index is 2.29. The summed E-state index contributed by atoms with van der Waals surface area (Å²) in [6.07, 6.45) is 10.7. The van der Waals surface area contributed by atoms with Gasteiger partial charge in [0.05, 0.1) is 0 Å². The SMILES string of the molecule is CCCCCC12CC(C1)C2. The van der Waals surface area contributed by atoms with E-state index in [4.69, 9.17) is 0 Å². The molecule has 3 aliphatic carbocycles. The largest absolute Gasteiger partial charge is 0.0654 e. The van der Waals surface area contributed by atoms with E-state index < -0.39 is 0 Å². The average Bonchev–Trinajstić information content (AvgIpc) is 1.72. The second-order valence-electron chi connectivity index (χ2n) is 4.44. The summed E-state index contributed by atoms with van der Waals surface area (Å²) in [5.41, 5.74) is 0.917. The minimum atomic E-state index is 0.917. The molecule has 0 nitrogen and oxygen atoms in total. The Kier molecular flexibility index (Phi) is 1.51. The fourth-order valence-electron chi connectivity index (χ4n) is 2.71. The van der Waals surface area contributed by atoms with E-state index >= 15 is 0 Å². The molecule has 0 unspecified atom stereocenters. The predicted molar refractivity (Wildman–Crippen MR) is 43.9 cm³/mol. The number of unbranched alkanes of at least 4 members (excludes halogenated alkanes) is 2. The van der Waals surface area contributed by atoms with Crippen LogP contribution in [0.4, 0.5) is 0 Å². The third kappa shape index (κ3) is 0.889. The lowest BCUT2D eigenvalue weighted by Gasteiger charge is -2.62. The molecule has 2 bridgehead atoms. The molecule has 0 aromatic rings. The van der Waals surface area contributed by atoms with Crippen molar-refractivity contribution in [3.63, 3.8) is 0 Å². The van der Waals surface area contributed by atoms with Crippen molar-refractivity contribution >= 4 is 0 Å². The summed E-state index contributed by atoms with van der Waals surface area (Å²) in [5.74, 6) is 1.18. The molecule has 0 heterocycles. The van der Waals surface area contributed by atoms with Gasteiger partial charge in [-0.25, -0.2) is 0 Å². The molecule has 0 atom stereocenters. The van der Waals surface area contributed by atoms with Crippen LogP contribution in [0.25, 0.3) is 0 Å². The predicted octanol–water partition coefficient (Wildman–Crippen LogP) is 3.37. The molecule has 10 heavy (non-hydrogen) atoms. The lowest BCUT2D eigenvalue weighted by Crippen LogP contribution is -2.51. The molecule has 3 fully saturated rings. The van der Waals surface area contributed by atoms with Gasteiger partial charge in [0.1, 0.15) is 0 Å². The first-order valence-electron chi connectivity index (χ1n) is 4.85. The van der Waals surface area contributed by atoms with Gasteiger partial charge in [-0.05, 0) is 37.0 Å². The van der Waals surface area contributed by atoms with E-state index in [0.717, 1.165) is 5.41 Å². The topological polar surface area (TPSA) is 0 Å². The van der Waals surface area contributed by atoms with Crippen molar-refractivity contribution in [1.29, 1.82) is 0 Å². The van der Waals surface area contributed by atoms with Gasteiger partial charge in [-0.3, -0.25) is 0 Å². The van der Waals surface area contributed by atoms with Crippen molar-refractivity contribution < 1.29 is 0 Å². The van der Waals surface area contributed by atoms with Gasteiger partial charge in [-0.15, -0.1) is 0 Å². The van der Waals surface area contributed by atoms with Crippen LogP contribution in [0.2, 0.25) is 0 Å². The zero-order valence-electron chi connectivity index (χ0n) is 7.03. The molecule has 0 radical (unpaired) electrons. The molecule has 0 aromatic carbocycles. The van der Waals surface area contributed by atoms with Gasteiger partial charge in [0.2, 0.25) is 0 Å². The maximum absolute atomic E-state index is 2.29. The molecule has 0 N–H and O–H groups in total. The van der Waals surface area contributed by atoms with Crippen LogP contribution in [0.3, 0.4) is 0 Å². The second kappa shape index (κ2) is 2.25. The third-order valence-electron chi connectivity index (χ3n) is 3.48. The smallest absolute Gasteiger partial charge is 0.0290 e. The monoisotopic (exact) mass is 138 g/mol. The van der Waals surface area contributed by atoms with E-state index in [1.807, 2.05) is 0 Å². The Balaban J connectivity index is 1.62. The molecule has 0 saturated heterocycles. The van der Waals surface area contributed by atoms with Crippen LogP contribution in [0, 0.1) is 11.3 Å². The molecule has 3 aliphatic rings. The highest BCUT2D eigenvalue weighted by Crippen LogP contribution is 2.66. The van der Waals surface area contributed by atoms with Gasteiger partial charge in [0.15, 0.2) is 0 Å². The lowest BCUT2D eigenvalue weighted by atomic mass is 9.43. The Morgan fingerprint density at radius 2 is 1.90 bits per heavy atom. The second-order valence-corrected chi connectivity index (χ2v) is 4.44. The van der Waals surface area contributed by atoms with Crippen LogP contribution in [-0.2, 0) is 0 Å². The van der Waals surface area contributed by atoms with Crippen molar-refractivity contribution in [3.8, 4) is 0 Å². The van der Waals surface area contributed by atoms with E-state index in [0.29, 0.717) is 0 Å². The molecular weight excluding hydrogens is 120 g/mol. The molecule has 58 valence electrons. The number of hydrogen-bond acceptors (Lipinski definition) is 0. The Hall–Kier alpha value is 0. The van der Waals surface area contributed by atoms with E-state index in [1.165, 1.54) is 25.2 Å². The van der Waals surface area contributed by atoms with Crippen molar-refractivity contribution in [3.05, 3.63) is 0 Å². The molecule has 0 aromatic heterocycles. The molecule has 0 spiro atoms. The molecular formula is C10H18. The highest BCUT2D eigenvalue weighted by atomic mass is 14.6. The Bertz CT molecular complexity index is 109. The van der Waals surface area contributed by atoms with Crippen molar-refractivity contribution in [2.45, 2.75) is 51.9 Å². The first-order valence-corrected chi connectivity index (χ1v) is 4.85. The molecule has 0 aliphatic heterocycles. The molecule has 0 amide bonds. The molecule has 3 rings (SSSR count). The summed E-state index contributed by atoms with van der Waals surface area (Å²) in [6, 6.07) is 0. The Morgan fingerprint density at radius 1 is 1.20 bits per heavy atom. The molecule has 3 saturated carbocycles. The lowest BCUT2D eigenvalue weighted by molar-refractivity contribution is -0.113. The normalized spacial score (nSPS) is 42.3. The fraction of sp³-hybridized carbons (Fsp3) is 1.00. The summed E-state index contributed by atoms with van der Waals surface area (Å²) in [6.45, 7) is 2.29. The minimum Gasteiger partial charge on any atom is -0.0654 e. The zero-order valence-corrected chi connectivity index (χ0v) is 7.03. The van der Waals surface area contributed by atoms with Crippen molar-refractivity contribution in [1.82, 2.24) is 0 Å². The summed E-state index contributed by atoms with van der Waals surface area (Å²) < 4.78 is 0. The van der Waals surface area contributed by atoms with E-state index in [-0.39, 0.29) is 0 Å². The van der Waals surface area contributed by atoms with Gasteiger partial charge >= 0.3 is 0 Å². The van der Waals surface area contributed by atoms with Gasteiger partial charge in [-0.2, -0.15) is 0 Å². The third-order valence-corrected chi connectivity index (χ3v) is 3.48. The van der Waals surface area contributed by atoms with Crippen LogP contribution in [-0.4, -0.2) is 0 Å². The van der Waals surface area contributed by atoms with E-state index in [1.54, 1.807) is 25.7 Å². The van der Waals surface area contributed by atoms with E-state index in [2.05, 4.69) is 6.92 Å². The number of hydrogen-bond donors (Lipinski definition) is 0. The first-order chi connectivity index (χ1) is 4.85. The van der Waals surface area contributed by atoms with Crippen LogP contribution in [0.5, 0.6) is 0 Å². The van der Waals surface area contributed by atoms with Crippen LogP contribution >= 0.6 is 0 Å². The first kappa shape index (κ1) is 6.69. The summed E-state index contributed by atoms with van der Waals surface area (Å²) in [5, 5.41) is 0. The Morgan fingerprint density at radius 3 is 2.30 bits per heavy atom. The summed E-state index contributed by atoms with van der Waals surface area (Å²) in [4.78, 5) is 0. The van der Waals surface area contributed by atoms with Gasteiger partial charge in [-0.1, -0.05) is 26.2 Å². The quantitative estimate of drug-likeness (QED) is 0.522. The van der Waals surface area contributed by atoms with E-state index in [9.17, 15) is 0 Å². The van der Waals surface area contributed by atoms with Crippen LogP contribution < -0.4 is 0 Å². The minimum absolute atomic E-state index is 0.917.